The van der Waals surface area contributed by atoms with Crippen LogP contribution < -0.4 is 0 Å². The van der Waals surface area contributed by atoms with Crippen LogP contribution in [0.4, 0.5) is 13.2 Å². The molecule has 0 aromatic carbocycles. The highest BCUT2D eigenvalue weighted by atomic mass is 19.4. The van der Waals surface area contributed by atoms with Crippen molar-refractivity contribution in [2.24, 2.45) is 0 Å². The zero-order valence-electron chi connectivity index (χ0n) is 12.5. The van der Waals surface area contributed by atoms with E-state index in [9.17, 15) is 18.0 Å². The molecule has 0 saturated carbocycles. The molecule has 0 bridgehead atoms. The summed E-state index contributed by atoms with van der Waals surface area (Å²) in [4.78, 5) is 13.4. The predicted octanol–water partition coefficient (Wildman–Crippen LogP) is 4.48. The second-order valence-electron chi connectivity index (χ2n) is 4.90. The Morgan fingerprint density at radius 1 is 1.15 bits per heavy atom. The predicted molar refractivity (Wildman–Crippen MR) is 75.3 cm³/mol. The number of halogens is 3. The molecule has 0 heterocycles. The summed E-state index contributed by atoms with van der Waals surface area (Å²) in [6, 6.07) is 0. The molecule has 0 N–H and O–H groups in total. The van der Waals surface area contributed by atoms with Gasteiger partial charge in [-0.05, 0) is 25.8 Å². The third-order valence-corrected chi connectivity index (χ3v) is 2.78. The first-order valence-corrected chi connectivity index (χ1v) is 6.97. The fraction of sp³-hybridized carbons (Fsp3) is 0.667. The maximum Gasteiger partial charge on any atom is 0.421 e. The number of carbonyl (C=O) groups is 1. The van der Waals surface area contributed by atoms with Crippen LogP contribution in [0.3, 0.4) is 0 Å². The first-order valence-electron chi connectivity index (χ1n) is 6.97. The van der Waals surface area contributed by atoms with Gasteiger partial charge < -0.3 is 4.90 Å². The van der Waals surface area contributed by atoms with Crippen LogP contribution in [0.2, 0.25) is 0 Å². The largest absolute Gasteiger partial charge is 0.421 e. The number of rotatable bonds is 8. The Morgan fingerprint density at radius 2 is 1.60 bits per heavy atom. The molecule has 2 nitrogen and oxygen atoms in total. The number of hydrogen-bond donors (Lipinski definition) is 0. The fourth-order valence-corrected chi connectivity index (χ4v) is 1.69. The van der Waals surface area contributed by atoms with Gasteiger partial charge in [-0.25, -0.2) is 0 Å². The quantitative estimate of drug-likeness (QED) is 0.477. The number of unbranched alkanes of at least 4 members (excludes halogenated alkanes) is 2. The van der Waals surface area contributed by atoms with Gasteiger partial charge in [0.05, 0.1) is 0 Å². The smallest absolute Gasteiger partial charge is 0.339 e. The Balaban J connectivity index is 5.19. The first kappa shape index (κ1) is 18.7. The van der Waals surface area contributed by atoms with E-state index in [2.05, 4.69) is 6.58 Å². The molecular weight excluding hydrogens is 267 g/mol. The summed E-state index contributed by atoms with van der Waals surface area (Å²) in [6.45, 7) is 9.48. The molecular formula is C15H24F3NO. The average molecular weight is 291 g/mol. The highest BCUT2D eigenvalue weighted by molar-refractivity contribution is 5.95. The Kier molecular flexibility index (Phi) is 8.26. The molecule has 5 heteroatoms. The van der Waals surface area contributed by atoms with Crippen molar-refractivity contribution < 1.29 is 18.0 Å². The van der Waals surface area contributed by atoms with Gasteiger partial charge >= 0.3 is 6.18 Å². The van der Waals surface area contributed by atoms with Crippen molar-refractivity contribution in [2.45, 2.75) is 52.6 Å². The van der Waals surface area contributed by atoms with E-state index in [0.717, 1.165) is 18.9 Å². The van der Waals surface area contributed by atoms with Gasteiger partial charge in [0, 0.05) is 13.1 Å². The lowest BCUT2D eigenvalue weighted by atomic mass is 10.1. The summed E-state index contributed by atoms with van der Waals surface area (Å²) in [5.74, 6) is -0.942. The lowest BCUT2D eigenvalue weighted by Crippen LogP contribution is -2.38. The Bertz CT molecular complexity index is 351. The molecule has 0 aromatic rings. The SMILES string of the molecule is C=C(C)/C=C(/C(=O)N(CCCC)CCCC)C(F)(F)F. The van der Waals surface area contributed by atoms with E-state index in [1.807, 2.05) is 13.8 Å². The van der Waals surface area contributed by atoms with E-state index in [4.69, 9.17) is 0 Å². The summed E-state index contributed by atoms with van der Waals surface area (Å²) in [5, 5.41) is 0. The molecule has 0 aliphatic heterocycles. The second kappa shape index (κ2) is 8.82. The average Bonchev–Trinajstić information content (AvgIpc) is 2.34. The molecule has 20 heavy (non-hydrogen) atoms. The summed E-state index contributed by atoms with van der Waals surface area (Å²) in [6.07, 6.45) is -0.746. The minimum atomic E-state index is -4.65. The molecule has 0 aliphatic rings. The van der Waals surface area contributed by atoms with Crippen molar-refractivity contribution in [3.05, 3.63) is 23.8 Å². The Hall–Kier alpha value is -1.26. The second-order valence-corrected chi connectivity index (χ2v) is 4.90. The number of alkyl halides is 3. The lowest BCUT2D eigenvalue weighted by Gasteiger charge is -2.24. The molecule has 0 unspecified atom stereocenters. The van der Waals surface area contributed by atoms with Gasteiger partial charge in [-0.3, -0.25) is 4.79 Å². The molecule has 0 saturated heterocycles. The zero-order chi connectivity index (χ0) is 15.8. The van der Waals surface area contributed by atoms with Crippen LogP contribution in [-0.2, 0) is 4.79 Å². The summed E-state index contributed by atoms with van der Waals surface area (Å²) in [7, 11) is 0. The van der Waals surface area contributed by atoms with E-state index in [0.29, 0.717) is 25.9 Å². The van der Waals surface area contributed by atoms with Gasteiger partial charge in [0.15, 0.2) is 0 Å². The molecule has 116 valence electrons. The summed E-state index contributed by atoms with van der Waals surface area (Å²) >= 11 is 0. The Morgan fingerprint density at radius 3 is 1.90 bits per heavy atom. The third-order valence-electron chi connectivity index (χ3n) is 2.78. The number of nitrogens with zero attached hydrogens (tertiary/aromatic N) is 1. The van der Waals surface area contributed by atoms with Crippen LogP contribution >= 0.6 is 0 Å². The topological polar surface area (TPSA) is 20.3 Å². The molecule has 0 fully saturated rings. The molecule has 0 radical (unpaired) electrons. The van der Waals surface area contributed by atoms with Gasteiger partial charge in [-0.15, -0.1) is 0 Å². The third kappa shape index (κ3) is 6.78. The highest BCUT2D eigenvalue weighted by Crippen LogP contribution is 2.28. The highest BCUT2D eigenvalue weighted by Gasteiger charge is 2.40. The van der Waals surface area contributed by atoms with E-state index in [1.165, 1.54) is 11.8 Å². The maximum atomic E-state index is 13.0. The number of carbonyl (C=O) groups excluding carboxylic acids is 1. The lowest BCUT2D eigenvalue weighted by molar-refractivity contribution is -0.139. The van der Waals surface area contributed by atoms with E-state index in [-0.39, 0.29) is 5.57 Å². The van der Waals surface area contributed by atoms with E-state index in [1.54, 1.807) is 0 Å². The van der Waals surface area contributed by atoms with Crippen molar-refractivity contribution >= 4 is 5.91 Å². The summed E-state index contributed by atoms with van der Waals surface area (Å²) in [5.41, 5.74) is -0.909. The number of amides is 1. The van der Waals surface area contributed by atoms with Crippen LogP contribution in [0.15, 0.2) is 23.8 Å². The van der Waals surface area contributed by atoms with Crippen LogP contribution in [0.25, 0.3) is 0 Å². The maximum absolute atomic E-state index is 13.0. The van der Waals surface area contributed by atoms with Crippen molar-refractivity contribution in [2.75, 3.05) is 13.1 Å². The van der Waals surface area contributed by atoms with Gasteiger partial charge in [0.1, 0.15) is 5.57 Å². The molecule has 1 amide bonds. The van der Waals surface area contributed by atoms with Gasteiger partial charge in [0.25, 0.3) is 5.91 Å². The van der Waals surface area contributed by atoms with E-state index >= 15 is 0 Å². The van der Waals surface area contributed by atoms with Crippen molar-refractivity contribution in [1.82, 2.24) is 4.90 Å². The minimum absolute atomic E-state index is 0.219. The molecule has 0 aliphatic carbocycles. The van der Waals surface area contributed by atoms with Crippen LogP contribution in [0, 0.1) is 0 Å². The zero-order valence-corrected chi connectivity index (χ0v) is 12.5. The van der Waals surface area contributed by atoms with Gasteiger partial charge in [0.2, 0.25) is 0 Å². The molecule has 0 aromatic heterocycles. The number of hydrogen-bond acceptors (Lipinski definition) is 1. The number of allylic oxidation sites excluding steroid dienone is 2. The van der Waals surface area contributed by atoms with Gasteiger partial charge in [-0.2, -0.15) is 13.2 Å². The summed E-state index contributed by atoms with van der Waals surface area (Å²) < 4.78 is 38.9. The van der Waals surface area contributed by atoms with Crippen LogP contribution in [-0.4, -0.2) is 30.1 Å². The van der Waals surface area contributed by atoms with Crippen molar-refractivity contribution in [3.63, 3.8) is 0 Å². The fourth-order valence-electron chi connectivity index (χ4n) is 1.69. The standard InChI is InChI=1S/C15H24F3NO/c1-5-7-9-19(10-8-6-2)14(20)13(11-12(3)4)15(16,17)18/h11H,3,5-10H2,1-2,4H3/b13-11-. The Labute approximate surface area is 119 Å². The van der Waals surface area contributed by atoms with Crippen molar-refractivity contribution in [3.8, 4) is 0 Å². The molecule has 0 rings (SSSR count). The molecule has 0 spiro atoms. The monoisotopic (exact) mass is 291 g/mol. The normalized spacial score (nSPS) is 12.4. The minimum Gasteiger partial charge on any atom is -0.339 e. The van der Waals surface area contributed by atoms with E-state index < -0.39 is 17.7 Å². The van der Waals surface area contributed by atoms with Crippen LogP contribution in [0.1, 0.15) is 46.5 Å². The van der Waals surface area contributed by atoms with Crippen molar-refractivity contribution in [1.29, 1.82) is 0 Å². The molecule has 0 atom stereocenters. The van der Waals surface area contributed by atoms with Gasteiger partial charge in [-0.1, -0.05) is 38.8 Å². The first-order chi connectivity index (χ1) is 9.23. The van der Waals surface area contributed by atoms with Crippen LogP contribution in [0.5, 0.6) is 0 Å².